The summed E-state index contributed by atoms with van der Waals surface area (Å²) < 4.78 is 4.75. The Labute approximate surface area is 72.9 Å². The first-order valence-corrected chi connectivity index (χ1v) is 4.33. The molecule has 0 bridgehead atoms. The SMILES string of the molecule is CCC(C)CC(=O)OC(C)Cl. The van der Waals surface area contributed by atoms with Crippen LogP contribution >= 0.6 is 11.6 Å². The summed E-state index contributed by atoms with van der Waals surface area (Å²) in [4.78, 5) is 10.9. The number of carbonyl (C=O) groups is 1. The first kappa shape index (κ1) is 10.8. The zero-order chi connectivity index (χ0) is 8.85. The highest BCUT2D eigenvalue weighted by atomic mass is 35.5. The second kappa shape index (κ2) is 5.42. The number of esters is 1. The second-order valence-corrected chi connectivity index (χ2v) is 3.37. The molecule has 0 fully saturated rings. The van der Waals surface area contributed by atoms with Crippen molar-refractivity contribution in [1.82, 2.24) is 0 Å². The average molecular weight is 179 g/mol. The van der Waals surface area contributed by atoms with Gasteiger partial charge in [-0.3, -0.25) is 4.79 Å². The molecule has 0 spiro atoms. The van der Waals surface area contributed by atoms with E-state index in [2.05, 4.69) is 0 Å². The molecule has 0 aromatic rings. The summed E-state index contributed by atoms with van der Waals surface area (Å²) in [6.07, 6.45) is 1.46. The number of halogens is 1. The molecule has 11 heavy (non-hydrogen) atoms. The predicted molar refractivity (Wildman–Crippen MR) is 45.5 cm³/mol. The minimum atomic E-state index is -0.508. The number of ether oxygens (including phenoxy) is 1. The highest BCUT2D eigenvalue weighted by molar-refractivity contribution is 6.19. The quantitative estimate of drug-likeness (QED) is 0.489. The first-order chi connectivity index (χ1) is 5.06. The predicted octanol–water partition coefficient (Wildman–Crippen LogP) is 2.55. The minimum Gasteiger partial charge on any atom is -0.446 e. The fourth-order valence-corrected chi connectivity index (χ4v) is 0.757. The van der Waals surface area contributed by atoms with Crippen molar-refractivity contribution in [2.75, 3.05) is 0 Å². The van der Waals surface area contributed by atoms with E-state index in [1.165, 1.54) is 0 Å². The van der Waals surface area contributed by atoms with Gasteiger partial charge in [0, 0.05) is 6.42 Å². The molecule has 0 aliphatic heterocycles. The molecule has 3 heteroatoms. The van der Waals surface area contributed by atoms with E-state index in [1.54, 1.807) is 6.92 Å². The zero-order valence-electron chi connectivity index (χ0n) is 7.26. The van der Waals surface area contributed by atoms with Gasteiger partial charge >= 0.3 is 5.97 Å². The van der Waals surface area contributed by atoms with Crippen molar-refractivity contribution < 1.29 is 9.53 Å². The lowest BCUT2D eigenvalue weighted by molar-refractivity contribution is -0.145. The van der Waals surface area contributed by atoms with Gasteiger partial charge in [0.05, 0.1) is 0 Å². The van der Waals surface area contributed by atoms with Crippen molar-refractivity contribution in [2.45, 2.75) is 39.2 Å². The lowest BCUT2D eigenvalue weighted by atomic mass is 10.1. The lowest BCUT2D eigenvalue weighted by Gasteiger charge is -2.09. The average Bonchev–Trinajstić information content (AvgIpc) is 1.85. The Hall–Kier alpha value is -0.240. The van der Waals surface area contributed by atoms with E-state index in [4.69, 9.17) is 16.3 Å². The number of hydrogen-bond donors (Lipinski definition) is 0. The standard InChI is InChI=1S/C8H15ClO2/c1-4-6(2)5-8(10)11-7(3)9/h6-7H,4-5H2,1-3H3. The Morgan fingerprint density at radius 1 is 1.55 bits per heavy atom. The molecule has 0 heterocycles. The molecule has 0 aliphatic rings. The molecule has 2 unspecified atom stereocenters. The number of rotatable bonds is 4. The van der Waals surface area contributed by atoms with Crippen LogP contribution in [0.5, 0.6) is 0 Å². The van der Waals surface area contributed by atoms with E-state index >= 15 is 0 Å². The van der Waals surface area contributed by atoms with Crippen LogP contribution in [0.15, 0.2) is 0 Å². The monoisotopic (exact) mass is 178 g/mol. The Morgan fingerprint density at radius 2 is 2.09 bits per heavy atom. The fourth-order valence-electron chi connectivity index (χ4n) is 0.658. The molecule has 2 atom stereocenters. The topological polar surface area (TPSA) is 26.3 Å². The molecular formula is C8H15ClO2. The summed E-state index contributed by atoms with van der Waals surface area (Å²) in [5.74, 6) is 0.180. The highest BCUT2D eigenvalue weighted by Crippen LogP contribution is 2.09. The third-order valence-electron chi connectivity index (χ3n) is 1.51. The van der Waals surface area contributed by atoms with Crippen LogP contribution in [0.2, 0.25) is 0 Å². The Morgan fingerprint density at radius 3 is 2.45 bits per heavy atom. The summed E-state index contributed by atoms with van der Waals surface area (Å²) in [6.45, 7) is 5.69. The van der Waals surface area contributed by atoms with Gasteiger partial charge in [-0.15, -0.1) is 0 Å². The van der Waals surface area contributed by atoms with Gasteiger partial charge < -0.3 is 4.74 Å². The molecule has 0 radical (unpaired) electrons. The van der Waals surface area contributed by atoms with Gasteiger partial charge in [0.1, 0.15) is 0 Å². The molecule has 0 rings (SSSR count). The van der Waals surface area contributed by atoms with E-state index < -0.39 is 5.56 Å². The number of hydrogen-bond acceptors (Lipinski definition) is 2. The minimum absolute atomic E-state index is 0.207. The van der Waals surface area contributed by atoms with Gasteiger partial charge in [0.25, 0.3) is 0 Å². The summed E-state index contributed by atoms with van der Waals surface area (Å²) in [5.41, 5.74) is -0.508. The first-order valence-electron chi connectivity index (χ1n) is 3.89. The molecule has 0 aromatic heterocycles. The molecule has 0 aromatic carbocycles. The maximum atomic E-state index is 10.9. The smallest absolute Gasteiger partial charge is 0.307 e. The van der Waals surface area contributed by atoms with Crippen molar-refractivity contribution in [2.24, 2.45) is 5.92 Å². The van der Waals surface area contributed by atoms with E-state index in [1.807, 2.05) is 13.8 Å². The van der Waals surface area contributed by atoms with E-state index in [0.717, 1.165) is 6.42 Å². The zero-order valence-corrected chi connectivity index (χ0v) is 8.02. The molecule has 0 saturated carbocycles. The van der Waals surface area contributed by atoms with Crippen molar-refractivity contribution in [1.29, 1.82) is 0 Å². The van der Waals surface area contributed by atoms with E-state index in [0.29, 0.717) is 12.3 Å². The summed E-state index contributed by atoms with van der Waals surface area (Å²) >= 11 is 5.46. The van der Waals surface area contributed by atoms with Crippen molar-refractivity contribution in [3.05, 3.63) is 0 Å². The van der Waals surface area contributed by atoms with Crippen LogP contribution in [-0.4, -0.2) is 11.5 Å². The normalized spacial score (nSPS) is 15.6. The molecule has 0 saturated heterocycles. The van der Waals surface area contributed by atoms with Crippen LogP contribution in [0, 0.1) is 5.92 Å². The summed E-state index contributed by atoms with van der Waals surface area (Å²) in [6, 6.07) is 0. The van der Waals surface area contributed by atoms with E-state index in [-0.39, 0.29) is 5.97 Å². The largest absolute Gasteiger partial charge is 0.446 e. The molecule has 0 N–H and O–H groups in total. The lowest BCUT2D eigenvalue weighted by Crippen LogP contribution is -2.12. The van der Waals surface area contributed by atoms with Crippen LogP contribution in [-0.2, 0) is 9.53 Å². The van der Waals surface area contributed by atoms with Gasteiger partial charge in [-0.1, -0.05) is 31.9 Å². The fraction of sp³-hybridized carbons (Fsp3) is 0.875. The van der Waals surface area contributed by atoms with Gasteiger partial charge in [0.15, 0.2) is 5.56 Å². The molecule has 66 valence electrons. The Bertz CT molecular complexity index is 123. The van der Waals surface area contributed by atoms with Gasteiger partial charge in [0.2, 0.25) is 0 Å². The maximum Gasteiger partial charge on any atom is 0.307 e. The third kappa shape index (κ3) is 6.17. The second-order valence-electron chi connectivity index (χ2n) is 2.75. The summed E-state index contributed by atoms with van der Waals surface area (Å²) in [5, 5.41) is 0. The number of carbonyl (C=O) groups excluding carboxylic acids is 1. The van der Waals surface area contributed by atoms with Crippen molar-refractivity contribution in [3.63, 3.8) is 0 Å². The van der Waals surface area contributed by atoms with Crippen LogP contribution in [0.3, 0.4) is 0 Å². The molecular weight excluding hydrogens is 164 g/mol. The van der Waals surface area contributed by atoms with E-state index in [9.17, 15) is 4.79 Å². The highest BCUT2D eigenvalue weighted by Gasteiger charge is 2.10. The van der Waals surface area contributed by atoms with Gasteiger partial charge in [-0.05, 0) is 12.8 Å². The van der Waals surface area contributed by atoms with Crippen LogP contribution in [0.4, 0.5) is 0 Å². The van der Waals surface area contributed by atoms with Crippen LogP contribution in [0.1, 0.15) is 33.6 Å². The molecule has 0 aliphatic carbocycles. The van der Waals surface area contributed by atoms with Crippen molar-refractivity contribution >= 4 is 17.6 Å². The van der Waals surface area contributed by atoms with Crippen LogP contribution in [0.25, 0.3) is 0 Å². The maximum absolute atomic E-state index is 10.9. The summed E-state index contributed by atoms with van der Waals surface area (Å²) in [7, 11) is 0. The van der Waals surface area contributed by atoms with Gasteiger partial charge in [-0.2, -0.15) is 0 Å². The molecule has 0 amide bonds. The number of alkyl halides is 1. The Kier molecular flexibility index (Phi) is 5.30. The Balaban J connectivity index is 3.52. The van der Waals surface area contributed by atoms with Crippen molar-refractivity contribution in [3.8, 4) is 0 Å². The van der Waals surface area contributed by atoms with Gasteiger partial charge in [-0.25, -0.2) is 0 Å². The third-order valence-corrected chi connectivity index (χ3v) is 1.59. The van der Waals surface area contributed by atoms with Crippen LogP contribution < -0.4 is 0 Å². The molecule has 2 nitrogen and oxygen atoms in total.